The molecule has 0 spiro atoms. The van der Waals surface area contributed by atoms with E-state index in [2.05, 4.69) is 24.1 Å². The molecule has 2 heteroatoms. The second kappa shape index (κ2) is 2.24. The van der Waals surface area contributed by atoms with Crippen LogP contribution in [0.3, 0.4) is 0 Å². The van der Waals surface area contributed by atoms with Crippen LogP contribution < -0.4 is 5.32 Å². The lowest BCUT2D eigenvalue weighted by molar-refractivity contribution is 0.142. The molecule has 3 fully saturated rings. The van der Waals surface area contributed by atoms with Gasteiger partial charge in [-0.15, -0.1) is 0 Å². The van der Waals surface area contributed by atoms with E-state index in [0.717, 1.165) is 30.0 Å². The van der Waals surface area contributed by atoms with E-state index in [1.165, 1.54) is 19.5 Å². The molecule has 2 saturated heterocycles. The summed E-state index contributed by atoms with van der Waals surface area (Å²) in [7, 11) is 0. The van der Waals surface area contributed by atoms with Gasteiger partial charge in [0.25, 0.3) is 0 Å². The van der Waals surface area contributed by atoms with Crippen molar-refractivity contribution in [1.29, 1.82) is 0 Å². The maximum absolute atomic E-state index is 3.73. The first-order chi connectivity index (χ1) is 5.75. The summed E-state index contributed by atoms with van der Waals surface area (Å²) in [6, 6.07) is 2.43. The fraction of sp³-hybridized carbons (Fsp3) is 1.00. The lowest BCUT2D eigenvalue weighted by atomic mass is 10.1. The minimum Gasteiger partial charge on any atom is -0.308 e. The second-order valence-electron chi connectivity index (χ2n) is 4.99. The van der Waals surface area contributed by atoms with E-state index in [-0.39, 0.29) is 0 Å². The Kier molecular flexibility index (Phi) is 1.37. The number of likely N-dealkylation sites (tertiary alicyclic amines) is 1. The molecule has 2 aliphatic heterocycles. The van der Waals surface area contributed by atoms with E-state index in [0.29, 0.717) is 0 Å². The highest BCUT2D eigenvalue weighted by molar-refractivity contribution is 5.12. The summed E-state index contributed by atoms with van der Waals surface area (Å²) >= 11 is 0. The van der Waals surface area contributed by atoms with Gasteiger partial charge in [-0.25, -0.2) is 0 Å². The van der Waals surface area contributed by atoms with Crippen molar-refractivity contribution >= 4 is 0 Å². The predicted octanol–water partition coefficient (Wildman–Crippen LogP) is 0.687. The van der Waals surface area contributed by atoms with E-state index in [1.54, 1.807) is 0 Å². The average Bonchev–Trinajstić information content (AvgIpc) is 2.77. The third-order valence-electron chi connectivity index (χ3n) is 3.95. The molecule has 4 unspecified atom stereocenters. The number of fused-ring (bicyclic) bond motifs is 5. The lowest BCUT2D eigenvalue weighted by Crippen LogP contribution is -2.55. The maximum Gasteiger partial charge on any atom is 0.0229 e. The molecule has 1 N–H and O–H groups in total. The average molecular weight is 166 g/mol. The normalized spacial score (nSPS) is 51.2. The van der Waals surface area contributed by atoms with Crippen molar-refractivity contribution in [2.45, 2.75) is 38.4 Å². The van der Waals surface area contributed by atoms with Crippen molar-refractivity contribution in [3.63, 3.8) is 0 Å². The van der Waals surface area contributed by atoms with Crippen molar-refractivity contribution in [1.82, 2.24) is 10.2 Å². The molecule has 3 rings (SSSR count). The van der Waals surface area contributed by atoms with Crippen molar-refractivity contribution in [3.8, 4) is 0 Å². The van der Waals surface area contributed by atoms with Crippen LogP contribution in [0.4, 0.5) is 0 Å². The molecular formula is C10H18N2. The van der Waals surface area contributed by atoms with Crippen LogP contribution in [-0.4, -0.2) is 36.1 Å². The Morgan fingerprint density at radius 1 is 1.17 bits per heavy atom. The Bertz CT molecular complexity index is 186. The first-order valence-corrected chi connectivity index (χ1v) is 5.26. The minimum atomic E-state index is 0.745. The molecule has 0 amide bonds. The highest BCUT2D eigenvalue weighted by Gasteiger charge is 2.56. The van der Waals surface area contributed by atoms with Crippen LogP contribution in [-0.2, 0) is 0 Å². The molecule has 1 aliphatic carbocycles. The summed E-state index contributed by atoms with van der Waals surface area (Å²) in [6.07, 6.45) is 1.52. The van der Waals surface area contributed by atoms with E-state index in [1.807, 2.05) is 0 Å². The summed E-state index contributed by atoms with van der Waals surface area (Å²) in [5.74, 6) is 2.11. The molecule has 0 aromatic heterocycles. The van der Waals surface area contributed by atoms with Gasteiger partial charge in [0.05, 0.1) is 0 Å². The highest BCUT2D eigenvalue weighted by Crippen LogP contribution is 2.51. The standard InChI is InChI=1S/C10H18N2/c1-6(2)12-4-9-7-3-8(7)10(5-12)11-9/h6-11H,3-5H2,1-2H3. The van der Waals surface area contributed by atoms with E-state index in [4.69, 9.17) is 0 Å². The second-order valence-corrected chi connectivity index (χ2v) is 4.99. The number of piperazine rings is 1. The van der Waals surface area contributed by atoms with Crippen LogP contribution in [0.25, 0.3) is 0 Å². The first kappa shape index (κ1) is 7.34. The van der Waals surface area contributed by atoms with E-state index < -0.39 is 0 Å². The third-order valence-corrected chi connectivity index (χ3v) is 3.95. The van der Waals surface area contributed by atoms with Gasteiger partial charge in [-0.2, -0.15) is 0 Å². The van der Waals surface area contributed by atoms with Gasteiger partial charge < -0.3 is 5.32 Å². The molecular weight excluding hydrogens is 148 g/mol. The summed E-state index contributed by atoms with van der Waals surface area (Å²) in [5.41, 5.74) is 0. The van der Waals surface area contributed by atoms with E-state index >= 15 is 0 Å². The van der Waals surface area contributed by atoms with Gasteiger partial charge in [0, 0.05) is 31.2 Å². The number of nitrogens with one attached hydrogen (secondary N) is 1. The zero-order chi connectivity index (χ0) is 8.29. The summed E-state index contributed by atoms with van der Waals surface area (Å²) < 4.78 is 0. The zero-order valence-electron chi connectivity index (χ0n) is 7.96. The highest BCUT2D eigenvalue weighted by atomic mass is 15.3. The number of hydrogen-bond acceptors (Lipinski definition) is 2. The fourth-order valence-corrected chi connectivity index (χ4v) is 3.06. The largest absolute Gasteiger partial charge is 0.308 e. The molecule has 2 nitrogen and oxygen atoms in total. The quantitative estimate of drug-likeness (QED) is 0.616. The van der Waals surface area contributed by atoms with Gasteiger partial charge >= 0.3 is 0 Å². The topological polar surface area (TPSA) is 15.3 Å². The Hall–Kier alpha value is -0.0800. The summed E-state index contributed by atoms with van der Waals surface area (Å²) in [5, 5.41) is 3.73. The maximum atomic E-state index is 3.73. The molecule has 2 bridgehead atoms. The number of rotatable bonds is 1. The van der Waals surface area contributed by atoms with Crippen LogP contribution >= 0.6 is 0 Å². The summed E-state index contributed by atoms with van der Waals surface area (Å²) in [4.78, 5) is 2.64. The van der Waals surface area contributed by atoms with Gasteiger partial charge in [-0.3, -0.25) is 4.90 Å². The number of nitrogens with zero attached hydrogens (tertiary/aromatic N) is 1. The van der Waals surface area contributed by atoms with Gasteiger partial charge in [0.15, 0.2) is 0 Å². The lowest BCUT2D eigenvalue weighted by Gasteiger charge is -2.37. The number of hydrogen-bond donors (Lipinski definition) is 1. The Morgan fingerprint density at radius 3 is 2.25 bits per heavy atom. The van der Waals surface area contributed by atoms with Crippen molar-refractivity contribution < 1.29 is 0 Å². The first-order valence-electron chi connectivity index (χ1n) is 5.26. The van der Waals surface area contributed by atoms with Crippen LogP contribution in [0.2, 0.25) is 0 Å². The molecule has 0 aromatic rings. The fourth-order valence-electron chi connectivity index (χ4n) is 3.06. The van der Waals surface area contributed by atoms with Gasteiger partial charge in [0.2, 0.25) is 0 Å². The van der Waals surface area contributed by atoms with Crippen molar-refractivity contribution in [2.75, 3.05) is 13.1 Å². The predicted molar refractivity (Wildman–Crippen MR) is 49.0 cm³/mol. The van der Waals surface area contributed by atoms with E-state index in [9.17, 15) is 0 Å². The molecule has 3 aliphatic rings. The van der Waals surface area contributed by atoms with Crippen LogP contribution in [0, 0.1) is 11.8 Å². The van der Waals surface area contributed by atoms with Crippen molar-refractivity contribution in [3.05, 3.63) is 0 Å². The molecule has 4 atom stereocenters. The third kappa shape index (κ3) is 0.882. The van der Waals surface area contributed by atoms with Gasteiger partial charge in [0.1, 0.15) is 0 Å². The van der Waals surface area contributed by atoms with Crippen LogP contribution in [0.5, 0.6) is 0 Å². The zero-order valence-corrected chi connectivity index (χ0v) is 7.96. The molecule has 0 aromatic carbocycles. The van der Waals surface area contributed by atoms with Gasteiger partial charge in [-0.1, -0.05) is 0 Å². The molecule has 2 heterocycles. The summed E-state index contributed by atoms with van der Waals surface area (Å²) in [6.45, 7) is 7.23. The van der Waals surface area contributed by atoms with Crippen LogP contribution in [0.15, 0.2) is 0 Å². The molecule has 68 valence electrons. The van der Waals surface area contributed by atoms with Crippen LogP contribution in [0.1, 0.15) is 20.3 Å². The van der Waals surface area contributed by atoms with Gasteiger partial charge in [-0.05, 0) is 32.1 Å². The SMILES string of the molecule is CC(C)N1CC2NC(C1)C1CC21. The molecule has 1 saturated carbocycles. The smallest absolute Gasteiger partial charge is 0.0229 e. The Labute approximate surface area is 74.3 Å². The molecule has 0 radical (unpaired) electrons. The van der Waals surface area contributed by atoms with Crippen molar-refractivity contribution in [2.24, 2.45) is 11.8 Å². The number of piperidine rings is 1. The Morgan fingerprint density at radius 2 is 1.75 bits per heavy atom. The monoisotopic (exact) mass is 166 g/mol. The molecule has 12 heavy (non-hydrogen) atoms. The minimum absolute atomic E-state index is 0.745. The Balaban J connectivity index is 1.75.